The molecule has 0 aromatic carbocycles. The molecule has 79 valence electrons. The van der Waals surface area contributed by atoms with E-state index in [1.807, 2.05) is 0 Å². The first-order valence-corrected chi connectivity index (χ1v) is 10.00. The number of hydrogen-bond donors (Lipinski definition) is 0. The van der Waals surface area contributed by atoms with Crippen LogP contribution in [0.15, 0.2) is 0 Å². The summed E-state index contributed by atoms with van der Waals surface area (Å²) in [6, 6.07) is 0. The van der Waals surface area contributed by atoms with Gasteiger partial charge in [-0.2, -0.15) is 0 Å². The van der Waals surface area contributed by atoms with Crippen LogP contribution in [-0.4, -0.2) is 15.4 Å². The predicted molar refractivity (Wildman–Crippen MR) is 67.8 cm³/mol. The van der Waals surface area contributed by atoms with Gasteiger partial charge in [-0.3, -0.25) is 0 Å². The smallest absolute Gasteiger partial charge is 0.0699 e. The van der Waals surface area contributed by atoms with Crippen LogP contribution >= 0.6 is 0 Å². The Labute approximate surface area is 91.1 Å². The van der Waals surface area contributed by atoms with Crippen LogP contribution < -0.4 is 0 Å². The van der Waals surface area contributed by atoms with Gasteiger partial charge in [0.2, 0.25) is 0 Å². The monoisotopic (exact) mass is 207 g/mol. The fraction of sp³-hybridized carbons (Fsp3) is 1.00. The first kappa shape index (κ1) is 10.8. The molecule has 1 atom stereocenters. The maximum Gasteiger partial charge on any atom is 0.114 e. The normalized spacial score (nSPS) is 38.6. The zero-order valence-corrected chi connectivity index (χ0v) is 11.1. The van der Waals surface area contributed by atoms with Crippen LogP contribution in [0.25, 0.3) is 0 Å². The molecular weight excluding hydrogens is 183 g/mol. The summed E-state index contributed by atoms with van der Waals surface area (Å²) < 4.78 is 0. The van der Waals surface area contributed by atoms with E-state index in [0.29, 0.717) is 0 Å². The minimum absolute atomic E-state index is 0.930. The van der Waals surface area contributed by atoms with Crippen molar-refractivity contribution in [3.05, 3.63) is 0 Å². The third-order valence-corrected chi connectivity index (χ3v) is 6.95. The molecule has 2 rings (SSSR count). The van der Waals surface area contributed by atoms with Gasteiger partial charge in [-0.25, -0.2) is 0 Å². The van der Waals surface area contributed by atoms with Gasteiger partial charge in [0.15, 0.2) is 0 Å². The molecule has 14 heavy (non-hydrogen) atoms. The van der Waals surface area contributed by atoms with Crippen LogP contribution in [0.2, 0.25) is 30.9 Å². The van der Waals surface area contributed by atoms with Gasteiger partial charge in [0.25, 0.3) is 0 Å². The highest BCUT2D eigenvalue weighted by atomic mass is 28.3. The topological polar surface area (TPSA) is 0 Å². The lowest BCUT2D eigenvalue weighted by Crippen LogP contribution is -2.36. The van der Waals surface area contributed by atoms with E-state index in [4.69, 9.17) is 0 Å². The standard InChI is InChI=1S/C12H24BSi/c1-14(2,3)12-10-6-4-8-11(13-12)9-5-7-10/h10-12H,4-9H2,1-3H3/t10?,11?,12-/m0/s1. The lowest BCUT2D eigenvalue weighted by Gasteiger charge is -2.34. The van der Waals surface area contributed by atoms with Crippen molar-refractivity contribution in [1.82, 2.24) is 0 Å². The summed E-state index contributed by atoms with van der Waals surface area (Å²) in [5.74, 6) is 2.05. The second-order valence-electron chi connectivity index (χ2n) is 6.47. The van der Waals surface area contributed by atoms with E-state index in [1.165, 1.54) is 38.5 Å². The summed E-state index contributed by atoms with van der Waals surface area (Å²) in [5.41, 5.74) is 1.03. The van der Waals surface area contributed by atoms with Crippen molar-refractivity contribution >= 4 is 15.4 Å². The lowest BCUT2D eigenvalue weighted by atomic mass is 9.59. The van der Waals surface area contributed by atoms with E-state index in [1.54, 1.807) is 0 Å². The molecule has 0 aliphatic carbocycles. The molecule has 2 aliphatic rings. The second kappa shape index (κ2) is 4.04. The van der Waals surface area contributed by atoms with Crippen molar-refractivity contribution in [2.45, 2.75) is 69.4 Å². The Morgan fingerprint density at radius 1 is 0.929 bits per heavy atom. The highest BCUT2D eigenvalue weighted by molar-refractivity contribution is 6.85. The highest BCUT2D eigenvalue weighted by Crippen LogP contribution is 2.46. The molecule has 0 saturated carbocycles. The fourth-order valence-corrected chi connectivity index (χ4v) is 6.17. The molecule has 0 N–H and O–H groups in total. The van der Waals surface area contributed by atoms with Crippen molar-refractivity contribution in [2.24, 2.45) is 5.92 Å². The van der Waals surface area contributed by atoms with Gasteiger partial charge in [-0.05, 0) is 5.92 Å². The van der Waals surface area contributed by atoms with E-state index in [9.17, 15) is 0 Å². The third kappa shape index (κ3) is 2.26. The Balaban J connectivity index is 2.16. The molecule has 0 amide bonds. The Kier molecular flexibility index (Phi) is 3.11. The molecule has 2 heterocycles. The number of rotatable bonds is 1. The molecule has 2 heteroatoms. The van der Waals surface area contributed by atoms with Crippen molar-refractivity contribution in [3.63, 3.8) is 0 Å². The Morgan fingerprint density at radius 3 is 2.00 bits per heavy atom. The molecule has 2 saturated heterocycles. The average Bonchev–Trinajstić information content (AvgIpc) is 2.31. The highest BCUT2D eigenvalue weighted by Gasteiger charge is 2.38. The zero-order chi connectivity index (χ0) is 10.2. The van der Waals surface area contributed by atoms with Crippen LogP contribution in [0.3, 0.4) is 0 Å². The van der Waals surface area contributed by atoms with Gasteiger partial charge in [-0.15, -0.1) is 0 Å². The largest absolute Gasteiger partial charge is 0.114 e. The first-order valence-electron chi connectivity index (χ1n) is 6.42. The summed E-state index contributed by atoms with van der Waals surface area (Å²) >= 11 is 0. The molecule has 0 spiro atoms. The maximum absolute atomic E-state index is 2.79. The minimum Gasteiger partial charge on any atom is -0.0699 e. The molecule has 1 radical (unpaired) electrons. The summed E-state index contributed by atoms with van der Waals surface area (Å²) in [6.45, 7) is 7.69. The van der Waals surface area contributed by atoms with Gasteiger partial charge in [0.1, 0.15) is 7.28 Å². The van der Waals surface area contributed by atoms with Crippen molar-refractivity contribution in [3.8, 4) is 0 Å². The van der Waals surface area contributed by atoms with Gasteiger partial charge < -0.3 is 0 Å². The van der Waals surface area contributed by atoms with Crippen molar-refractivity contribution in [2.75, 3.05) is 0 Å². The van der Waals surface area contributed by atoms with E-state index in [-0.39, 0.29) is 0 Å². The minimum atomic E-state index is -0.930. The summed E-state index contributed by atoms with van der Waals surface area (Å²) in [5, 5.41) is 0. The molecular formula is C12H24BSi. The molecule has 2 aliphatic heterocycles. The van der Waals surface area contributed by atoms with Gasteiger partial charge >= 0.3 is 0 Å². The average molecular weight is 207 g/mol. The van der Waals surface area contributed by atoms with E-state index in [2.05, 4.69) is 26.9 Å². The van der Waals surface area contributed by atoms with Crippen LogP contribution in [0.4, 0.5) is 0 Å². The SMILES string of the molecule is C[Si](C)(C)[C@@H]1[B]C2CCCC1CCC2. The number of hydrogen-bond acceptors (Lipinski definition) is 0. The van der Waals surface area contributed by atoms with Crippen molar-refractivity contribution < 1.29 is 0 Å². The molecule has 2 fully saturated rings. The molecule has 0 nitrogen and oxygen atoms in total. The zero-order valence-electron chi connectivity index (χ0n) is 10.1. The Bertz CT molecular complexity index is 187. The molecule has 0 aromatic heterocycles. The predicted octanol–water partition coefficient (Wildman–Crippen LogP) is 4.13. The van der Waals surface area contributed by atoms with E-state index >= 15 is 0 Å². The van der Waals surface area contributed by atoms with Crippen LogP contribution in [0.1, 0.15) is 38.5 Å². The van der Waals surface area contributed by atoms with Gasteiger partial charge in [-0.1, -0.05) is 69.4 Å². The molecule has 0 unspecified atom stereocenters. The number of fused-ring (bicyclic) bond motifs is 3. The first-order chi connectivity index (χ1) is 6.57. The van der Waals surface area contributed by atoms with E-state index in [0.717, 1.165) is 17.2 Å². The van der Waals surface area contributed by atoms with Crippen LogP contribution in [-0.2, 0) is 0 Å². The quantitative estimate of drug-likeness (QED) is 0.567. The van der Waals surface area contributed by atoms with Gasteiger partial charge in [0.05, 0.1) is 0 Å². The Hall–Kier alpha value is 0.282. The molecule has 0 aromatic rings. The van der Waals surface area contributed by atoms with Crippen LogP contribution in [0.5, 0.6) is 0 Å². The third-order valence-electron chi connectivity index (χ3n) is 4.29. The summed E-state index contributed by atoms with van der Waals surface area (Å²) in [4.78, 5) is 0. The maximum atomic E-state index is 2.79. The lowest BCUT2D eigenvalue weighted by molar-refractivity contribution is 0.411. The Morgan fingerprint density at radius 2 is 1.50 bits per heavy atom. The summed E-state index contributed by atoms with van der Waals surface area (Å²) in [6.07, 6.45) is 9.07. The fourth-order valence-electron chi connectivity index (χ4n) is 3.57. The van der Waals surface area contributed by atoms with Gasteiger partial charge in [0, 0.05) is 8.07 Å². The second-order valence-corrected chi connectivity index (χ2v) is 11.9. The molecule has 2 bridgehead atoms. The van der Waals surface area contributed by atoms with E-state index < -0.39 is 8.07 Å². The summed E-state index contributed by atoms with van der Waals surface area (Å²) in [7, 11) is 1.86. The van der Waals surface area contributed by atoms with Crippen LogP contribution in [0, 0.1) is 5.92 Å². The van der Waals surface area contributed by atoms with Crippen molar-refractivity contribution in [1.29, 1.82) is 0 Å².